The summed E-state index contributed by atoms with van der Waals surface area (Å²) < 4.78 is 27.9. The van der Waals surface area contributed by atoms with E-state index in [9.17, 15) is 18.4 Å². The molecule has 3 aromatic rings. The molecule has 1 atom stereocenters. The fourth-order valence-electron chi connectivity index (χ4n) is 2.94. The second kappa shape index (κ2) is 6.64. The highest BCUT2D eigenvalue weighted by atomic mass is 19.1. The number of hydrogen-bond acceptors (Lipinski definition) is 3. The summed E-state index contributed by atoms with van der Waals surface area (Å²) in [6.07, 6.45) is -0.0985. The van der Waals surface area contributed by atoms with Gasteiger partial charge >= 0.3 is 0 Å². The number of fused-ring (bicyclic) bond motifs is 1. The molecule has 1 aliphatic heterocycles. The van der Waals surface area contributed by atoms with E-state index in [-0.39, 0.29) is 18.1 Å². The molecule has 2 N–H and O–H groups in total. The largest absolute Gasteiger partial charge is 0.324 e. The van der Waals surface area contributed by atoms with Gasteiger partial charge in [-0.1, -0.05) is 6.07 Å². The Kier molecular flexibility index (Phi) is 4.15. The molecular formula is C19H14F2N4O2. The van der Waals surface area contributed by atoms with Gasteiger partial charge in [-0.2, -0.15) is 5.10 Å². The average molecular weight is 368 g/mol. The van der Waals surface area contributed by atoms with Crippen molar-refractivity contribution < 1.29 is 18.4 Å². The molecule has 4 rings (SSSR count). The number of nitrogens with zero attached hydrogens (tertiary/aromatic N) is 2. The lowest BCUT2D eigenvalue weighted by atomic mass is 10.1. The van der Waals surface area contributed by atoms with Crippen LogP contribution in [-0.2, 0) is 9.59 Å². The smallest absolute Gasteiger partial charge is 0.249 e. The van der Waals surface area contributed by atoms with Crippen LogP contribution in [0, 0.1) is 11.6 Å². The van der Waals surface area contributed by atoms with Gasteiger partial charge in [-0.25, -0.2) is 13.5 Å². The van der Waals surface area contributed by atoms with Gasteiger partial charge in [0.25, 0.3) is 0 Å². The second-order valence-corrected chi connectivity index (χ2v) is 6.13. The van der Waals surface area contributed by atoms with Gasteiger partial charge in [0.1, 0.15) is 23.5 Å². The number of amides is 2. The summed E-state index contributed by atoms with van der Waals surface area (Å²) in [5.74, 6) is -1.29. The van der Waals surface area contributed by atoms with E-state index >= 15 is 0 Å². The van der Waals surface area contributed by atoms with E-state index in [0.29, 0.717) is 22.8 Å². The van der Waals surface area contributed by atoms with Crippen LogP contribution >= 0.6 is 0 Å². The van der Waals surface area contributed by atoms with Crippen molar-refractivity contribution >= 4 is 23.3 Å². The Bertz CT molecular complexity index is 1030. The van der Waals surface area contributed by atoms with Crippen molar-refractivity contribution in [3.63, 3.8) is 0 Å². The number of hydrogen-bond donors (Lipinski definition) is 2. The van der Waals surface area contributed by atoms with E-state index in [4.69, 9.17) is 0 Å². The van der Waals surface area contributed by atoms with Gasteiger partial charge in [0.05, 0.1) is 12.1 Å². The molecule has 27 heavy (non-hydrogen) atoms. The lowest BCUT2D eigenvalue weighted by Gasteiger charge is -2.23. The first-order valence-electron chi connectivity index (χ1n) is 8.21. The normalized spacial score (nSPS) is 15.8. The van der Waals surface area contributed by atoms with E-state index in [1.54, 1.807) is 24.3 Å². The van der Waals surface area contributed by atoms with Crippen molar-refractivity contribution in [3.05, 3.63) is 66.2 Å². The zero-order valence-electron chi connectivity index (χ0n) is 13.9. The molecule has 0 radical (unpaired) electrons. The van der Waals surface area contributed by atoms with Gasteiger partial charge in [-0.3, -0.25) is 9.59 Å². The third-order valence-corrected chi connectivity index (χ3v) is 4.21. The van der Waals surface area contributed by atoms with Gasteiger partial charge in [0.2, 0.25) is 11.8 Å². The highest BCUT2D eigenvalue weighted by Crippen LogP contribution is 2.30. The average Bonchev–Trinajstić information content (AvgIpc) is 3.05. The minimum absolute atomic E-state index is 0.0985. The van der Waals surface area contributed by atoms with Crippen LogP contribution in [0.2, 0.25) is 0 Å². The molecule has 0 fully saturated rings. The van der Waals surface area contributed by atoms with E-state index in [1.165, 1.54) is 35.0 Å². The molecule has 2 aromatic carbocycles. The fraction of sp³-hybridized carbons (Fsp3) is 0.105. The third kappa shape index (κ3) is 3.41. The number of anilines is 2. The highest BCUT2D eigenvalue weighted by Gasteiger charge is 2.32. The fourth-order valence-corrected chi connectivity index (χ4v) is 2.94. The predicted octanol–water partition coefficient (Wildman–Crippen LogP) is 3.35. The Labute approximate surface area is 152 Å². The molecule has 0 aliphatic carbocycles. The Balaban J connectivity index is 1.64. The summed E-state index contributed by atoms with van der Waals surface area (Å²) in [5, 5.41) is 9.66. The molecule has 1 aromatic heterocycles. The van der Waals surface area contributed by atoms with Crippen molar-refractivity contribution in [1.29, 1.82) is 0 Å². The van der Waals surface area contributed by atoms with Crippen molar-refractivity contribution in [2.24, 2.45) is 0 Å². The summed E-state index contributed by atoms with van der Waals surface area (Å²) in [7, 11) is 0. The van der Waals surface area contributed by atoms with E-state index in [2.05, 4.69) is 15.7 Å². The molecule has 1 aliphatic rings. The van der Waals surface area contributed by atoms with Crippen molar-refractivity contribution in [1.82, 2.24) is 9.78 Å². The number of carbonyl (C=O) groups is 2. The number of halogens is 2. The van der Waals surface area contributed by atoms with Crippen LogP contribution < -0.4 is 10.6 Å². The maximum absolute atomic E-state index is 13.3. The Hall–Kier alpha value is -3.55. The third-order valence-electron chi connectivity index (χ3n) is 4.21. The molecule has 2 heterocycles. The summed E-state index contributed by atoms with van der Waals surface area (Å²) >= 11 is 0. The molecule has 0 saturated carbocycles. The molecule has 0 bridgehead atoms. The van der Waals surface area contributed by atoms with Crippen LogP contribution in [-0.4, -0.2) is 21.6 Å². The quantitative estimate of drug-likeness (QED) is 0.744. The van der Waals surface area contributed by atoms with Crippen LogP contribution in [0.25, 0.3) is 11.3 Å². The van der Waals surface area contributed by atoms with Gasteiger partial charge in [-0.15, -0.1) is 0 Å². The standard InChI is InChI=1S/C19H14F2N4O2/c20-12-6-4-11(5-7-12)15-9-17-23-18(26)10-16(25(17)24-15)19(27)22-14-3-1-2-13(21)8-14/h1-9,16H,10H2,(H,22,27)(H,23,26)/t16-/m1/s1. The molecule has 2 amide bonds. The molecule has 6 nitrogen and oxygen atoms in total. The summed E-state index contributed by atoms with van der Waals surface area (Å²) in [6.45, 7) is 0. The van der Waals surface area contributed by atoms with Crippen molar-refractivity contribution in [3.8, 4) is 11.3 Å². The summed E-state index contributed by atoms with van der Waals surface area (Å²) in [4.78, 5) is 24.6. The van der Waals surface area contributed by atoms with E-state index in [1.807, 2.05) is 0 Å². The number of aromatic nitrogens is 2. The molecule has 0 saturated heterocycles. The first kappa shape index (κ1) is 16.9. The first-order chi connectivity index (χ1) is 13.0. The minimum atomic E-state index is -0.883. The van der Waals surface area contributed by atoms with Crippen LogP contribution in [0.1, 0.15) is 12.5 Å². The number of benzene rings is 2. The van der Waals surface area contributed by atoms with Crippen molar-refractivity contribution in [2.75, 3.05) is 10.6 Å². The van der Waals surface area contributed by atoms with Gasteiger partial charge in [0, 0.05) is 17.3 Å². The predicted molar refractivity (Wildman–Crippen MR) is 94.9 cm³/mol. The second-order valence-electron chi connectivity index (χ2n) is 6.13. The lowest BCUT2D eigenvalue weighted by molar-refractivity contribution is -0.125. The molecular weight excluding hydrogens is 354 g/mol. The molecule has 8 heteroatoms. The maximum Gasteiger partial charge on any atom is 0.249 e. The van der Waals surface area contributed by atoms with Gasteiger partial charge in [0.15, 0.2) is 0 Å². The highest BCUT2D eigenvalue weighted by molar-refractivity contribution is 6.01. The Morgan fingerprint density at radius 2 is 1.89 bits per heavy atom. The number of rotatable bonds is 3. The minimum Gasteiger partial charge on any atom is -0.324 e. The van der Waals surface area contributed by atoms with Gasteiger partial charge < -0.3 is 10.6 Å². The molecule has 0 unspecified atom stereocenters. The Morgan fingerprint density at radius 3 is 2.63 bits per heavy atom. The van der Waals surface area contributed by atoms with Crippen LogP contribution in [0.3, 0.4) is 0 Å². The Morgan fingerprint density at radius 1 is 1.11 bits per heavy atom. The zero-order valence-corrected chi connectivity index (χ0v) is 13.9. The monoisotopic (exact) mass is 368 g/mol. The number of carbonyl (C=O) groups excluding carboxylic acids is 2. The number of nitrogens with one attached hydrogen (secondary N) is 2. The van der Waals surface area contributed by atoms with Crippen molar-refractivity contribution in [2.45, 2.75) is 12.5 Å². The summed E-state index contributed by atoms with van der Waals surface area (Å²) in [5.41, 5.74) is 1.44. The topological polar surface area (TPSA) is 76.0 Å². The zero-order chi connectivity index (χ0) is 19.0. The van der Waals surface area contributed by atoms with Crippen LogP contribution in [0.4, 0.5) is 20.3 Å². The van der Waals surface area contributed by atoms with E-state index < -0.39 is 17.8 Å². The summed E-state index contributed by atoms with van der Waals surface area (Å²) in [6, 6.07) is 12.0. The first-order valence-corrected chi connectivity index (χ1v) is 8.21. The molecule has 0 spiro atoms. The van der Waals surface area contributed by atoms with Gasteiger partial charge in [-0.05, 0) is 42.5 Å². The molecule has 136 valence electrons. The van der Waals surface area contributed by atoms with Crippen LogP contribution in [0.5, 0.6) is 0 Å². The van der Waals surface area contributed by atoms with E-state index in [0.717, 1.165) is 0 Å². The maximum atomic E-state index is 13.3. The van der Waals surface area contributed by atoms with Crippen LogP contribution in [0.15, 0.2) is 54.6 Å². The SMILES string of the molecule is O=C1C[C@H](C(=O)Nc2cccc(F)c2)n2nc(-c3ccc(F)cc3)cc2N1. The lowest BCUT2D eigenvalue weighted by Crippen LogP contribution is -2.35.